The summed E-state index contributed by atoms with van der Waals surface area (Å²) in [6.07, 6.45) is 3.42. The largest absolute Gasteiger partial charge is 0.493 e. The molecule has 0 bridgehead atoms. The highest BCUT2D eigenvalue weighted by atomic mass is 19.1. The van der Waals surface area contributed by atoms with E-state index in [-0.39, 0.29) is 11.6 Å². The van der Waals surface area contributed by atoms with Gasteiger partial charge in [0.25, 0.3) is 0 Å². The summed E-state index contributed by atoms with van der Waals surface area (Å²) < 4.78 is 33.7. The average molecular weight is 431 g/mol. The van der Waals surface area contributed by atoms with Crippen molar-refractivity contribution >= 4 is 11.7 Å². The van der Waals surface area contributed by atoms with Gasteiger partial charge < -0.3 is 10.1 Å². The molecule has 1 aliphatic heterocycles. The van der Waals surface area contributed by atoms with E-state index in [0.717, 1.165) is 24.2 Å². The Hall–Kier alpha value is -4.00. The Bertz CT molecular complexity index is 1220. The molecule has 7 heteroatoms. The molecule has 0 radical (unpaired) electrons. The van der Waals surface area contributed by atoms with E-state index in [9.17, 15) is 13.6 Å². The van der Waals surface area contributed by atoms with E-state index in [1.165, 1.54) is 28.9 Å². The molecule has 0 saturated carbocycles. The van der Waals surface area contributed by atoms with E-state index in [4.69, 9.17) is 4.74 Å². The SMILES string of the molecule is O=C(Nc1ccc2c(c1)CCCO2)n1cc(-c2ccc(F)cc2)c(-c2ccc(F)cc2)n1. The summed E-state index contributed by atoms with van der Waals surface area (Å²) in [5.41, 5.74) is 4.14. The molecule has 5 nitrogen and oxygen atoms in total. The first kappa shape index (κ1) is 19.9. The molecular weight excluding hydrogens is 412 g/mol. The second-order valence-electron chi connectivity index (χ2n) is 7.55. The van der Waals surface area contributed by atoms with Crippen LogP contribution in [0.3, 0.4) is 0 Å². The third-order valence-electron chi connectivity index (χ3n) is 5.35. The van der Waals surface area contributed by atoms with Crippen molar-refractivity contribution in [2.45, 2.75) is 12.8 Å². The van der Waals surface area contributed by atoms with Gasteiger partial charge in [-0.3, -0.25) is 0 Å². The van der Waals surface area contributed by atoms with Gasteiger partial charge in [0.2, 0.25) is 0 Å². The molecule has 0 atom stereocenters. The Labute approximate surface area is 183 Å². The molecule has 3 aromatic carbocycles. The number of anilines is 1. The van der Waals surface area contributed by atoms with Crippen LogP contribution in [0.25, 0.3) is 22.4 Å². The van der Waals surface area contributed by atoms with E-state index in [0.29, 0.717) is 34.7 Å². The van der Waals surface area contributed by atoms with Crippen molar-refractivity contribution in [3.8, 4) is 28.1 Å². The van der Waals surface area contributed by atoms with Crippen LogP contribution in [0, 0.1) is 11.6 Å². The van der Waals surface area contributed by atoms with Crippen LogP contribution >= 0.6 is 0 Å². The van der Waals surface area contributed by atoms with Crippen LogP contribution in [0.2, 0.25) is 0 Å². The molecule has 1 N–H and O–H groups in total. The van der Waals surface area contributed by atoms with Gasteiger partial charge in [-0.2, -0.15) is 9.78 Å². The number of nitrogens with zero attached hydrogens (tertiary/aromatic N) is 2. The molecule has 0 saturated heterocycles. The van der Waals surface area contributed by atoms with Crippen molar-refractivity contribution in [1.82, 2.24) is 9.78 Å². The summed E-state index contributed by atoms with van der Waals surface area (Å²) in [6.45, 7) is 0.699. The Kier molecular flexibility index (Phi) is 5.15. The van der Waals surface area contributed by atoms with E-state index in [1.54, 1.807) is 36.5 Å². The van der Waals surface area contributed by atoms with Crippen LogP contribution in [-0.4, -0.2) is 22.4 Å². The third-order valence-corrected chi connectivity index (χ3v) is 5.35. The number of rotatable bonds is 3. The number of aryl methyl sites for hydroxylation is 1. The van der Waals surface area contributed by atoms with Crippen LogP contribution in [0.15, 0.2) is 72.9 Å². The van der Waals surface area contributed by atoms with E-state index in [2.05, 4.69) is 10.4 Å². The summed E-state index contributed by atoms with van der Waals surface area (Å²) in [7, 11) is 0. The Morgan fingerprint density at radius 1 is 0.938 bits per heavy atom. The molecule has 1 amide bonds. The number of carbonyl (C=O) groups is 1. The molecule has 0 unspecified atom stereocenters. The van der Waals surface area contributed by atoms with Gasteiger partial charge in [-0.25, -0.2) is 13.6 Å². The molecule has 0 spiro atoms. The number of carbonyl (C=O) groups excluding carboxylic acids is 1. The Morgan fingerprint density at radius 3 is 2.34 bits per heavy atom. The fourth-order valence-corrected chi connectivity index (χ4v) is 3.76. The van der Waals surface area contributed by atoms with Gasteiger partial charge in [-0.15, -0.1) is 0 Å². The summed E-state index contributed by atoms with van der Waals surface area (Å²) in [5.74, 6) is 0.106. The zero-order valence-electron chi connectivity index (χ0n) is 17.0. The average Bonchev–Trinajstić information content (AvgIpc) is 3.26. The van der Waals surface area contributed by atoms with E-state index >= 15 is 0 Å². The maximum Gasteiger partial charge on any atom is 0.346 e. The number of ether oxygens (including phenoxy) is 1. The van der Waals surface area contributed by atoms with Crippen LogP contribution in [0.1, 0.15) is 12.0 Å². The summed E-state index contributed by atoms with van der Waals surface area (Å²) in [5, 5.41) is 7.31. The number of nitrogens with one attached hydrogen (secondary N) is 1. The molecule has 0 aliphatic carbocycles. The summed E-state index contributed by atoms with van der Waals surface area (Å²) >= 11 is 0. The monoisotopic (exact) mass is 431 g/mol. The predicted molar refractivity (Wildman–Crippen MR) is 118 cm³/mol. The fourth-order valence-electron chi connectivity index (χ4n) is 3.76. The molecule has 1 aromatic heterocycles. The normalized spacial score (nSPS) is 12.7. The second-order valence-corrected chi connectivity index (χ2v) is 7.55. The number of benzene rings is 3. The minimum atomic E-state index is -0.446. The maximum atomic E-state index is 13.4. The number of fused-ring (bicyclic) bond motifs is 1. The molecule has 5 rings (SSSR count). The van der Waals surface area contributed by atoms with Gasteiger partial charge in [0.15, 0.2) is 0 Å². The standard InChI is InChI=1S/C25H19F2N3O2/c26-19-7-3-16(4-8-19)22-15-30(29-24(22)17-5-9-20(27)10-6-17)25(31)28-21-11-12-23-18(14-21)2-1-13-32-23/h3-12,14-15H,1-2,13H2,(H,28,31). The second kappa shape index (κ2) is 8.26. The van der Waals surface area contributed by atoms with Gasteiger partial charge in [-0.1, -0.05) is 12.1 Å². The van der Waals surface area contributed by atoms with Gasteiger partial charge in [0, 0.05) is 23.0 Å². The summed E-state index contributed by atoms with van der Waals surface area (Å²) in [6, 6.07) is 16.9. The van der Waals surface area contributed by atoms with Gasteiger partial charge >= 0.3 is 6.03 Å². The topological polar surface area (TPSA) is 56.1 Å². The molecule has 32 heavy (non-hydrogen) atoms. The van der Waals surface area contributed by atoms with Gasteiger partial charge in [0.05, 0.1) is 6.61 Å². The lowest BCUT2D eigenvalue weighted by atomic mass is 10.0. The fraction of sp³-hybridized carbons (Fsp3) is 0.120. The number of halogens is 2. The first-order chi connectivity index (χ1) is 15.6. The first-order valence-electron chi connectivity index (χ1n) is 10.3. The van der Waals surface area contributed by atoms with Crippen LogP contribution in [0.4, 0.5) is 19.3 Å². The predicted octanol–water partition coefficient (Wildman–Crippen LogP) is 5.90. The van der Waals surface area contributed by atoms with Crippen molar-refractivity contribution in [2.75, 3.05) is 11.9 Å². The van der Waals surface area contributed by atoms with Crippen molar-refractivity contribution in [3.63, 3.8) is 0 Å². The van der Waals surface area contributed by atoms with Crippen LogP contribution in [-0.2, 0) is 6.42 Å². The smallest absolute Gasteiger partial charge is 0.346 e. The minimum Gasteiger partial charge on any atom is -0.493 e. The quantitative estimate of drug-likeness (QED) is 0.439. The van der Waals surface area contributed by atoms with Gasteiger partial charge in [-0.05, 0) is 78.6 Å². The third kappa shape index (κ3) is 3.97. The number of aromatic nitrogens is 2. The zero-order chi connectivity index (χ0) is 22.1. The van der Waals surface area contributed by atoms with E-state index < -0.39 is 6.03 Å². The number of hydrogen-bond donors (Lipinski definition) is 1. The molecule has 4 aromatic rings. The van der Waals surface area contributed by atoms with E-state index in [1.807, 2.05) is 12.1 Å². The Morgan fingerprint density at radius 2 is 1.62 bits per heavy atom. The number of amides is 1. The van der Waals surface area contributed by atoms with Crippen molar-refractivity contribution < 1.29 is 18.3 Å². The molecular formula is C25H19F2N3O2. The van der Waals surface area contributed by atoms with Crippen molar-refractivity contribution in [3.05, 3.63) is 90.1 Å². The maximum absolute atomic E-state index is 13.4. The minimum absolute atomic E-state index is 0.362. The highest BCUT2D eigenvalue weighted by Crippen LogP contribution is 2.32. The van der Waals surface area contributed by atoms with Crippen molar-refractivity contribution in [2.24, 2.45) is 0 Å². The van der Waals surface area contributed by atoms with Crippen LogP contribution in [0.5, 0.6) is 5.75 Å². The molecule has 160 valence electrons. The molecule has 0 fully saturated rings. The highest BCUT2D eigenvalue weighted by molar-refractivity contribution is 5.93. The van der Waals surface area contributed by atoms with Crippen molar-refractivity contribution in [1.29, 1.82) is 0 Å². The highest BCUT2D eigenvalue weighted by Gasteiger charge is 2.18. The molecule has 1 aliphatic rings. The zero-order valence-corrected chi connectivity index (χ0v) is 17.0. The van der Waals surface area contributed by atoms with Gasteiger partial charge in [0.1, 0.15) is 23.1 Å². The number of hydrogen-bond acceptors (Lipinski definition) is 3. The molecule has 2 heterocycles. The first-order valence-corrected chi connectivity index (χ1v) is 10.3. The lowest BCUT2D eigenvalue weighted by Crippen LogP contribution is -2.20. The van der Waals surface area contributed by atoms with Crippen LogP contribution < -0.4 is 10.1 Å². The lowest BCUT2D eigenvalue weighted by molar-refractivity contribution is 0.251. The Balaban J connectivity index is 1.49. The summed E-state index contributed by atoms with van der Waals surface area (Å²) in [4.78, 5) is 13.0. The lowest BCUT2D eigenvalue weighted by Gasteiger charge is -2.18.